The molecule has 0 aromatic heterocycles. The fourth-order valence-corrected chi connectivity index (χ4v) is 5.94. The minimum atomic E-state index is -0.293. The van der Waals surface area contributed by atoms with Crippen molar-refractivity contribution in [3.63, 3.8) is 0 Å². The Labute approximate surface area is 155 Å². The van der Waals surface area contributed by atoms with Crippen molar-refractivity contribution in [2.24, 2.45) is 0 Å². The van der Waals surface area contributed by atoms with E-state index in [-0.39, 0.29) is 35.7 Å². The Morgan fingerprint density at radius 1 is 0.846 bits per heavy atom. The van der Waals surface area contributed by atoms with Crippen molar-refractivity contribution < 1.29 is 23.5 Å². The molecule has 2 N–H and O–H groups in total. The van der Waals surface area contributed by atoms with Crippen LogP contribution in [0.5, 0.6) is 0 Å². The second-order valence-corrected chi connectivity index (χ2v) is 8.55. The molecule has 0 aromatic rings. The molecule has 0 aliphatic carbocycles. The molecule has 146 valence electrons. The van der Waals surface area contributed by atoms with Crippen LogP contribution in [0.15, 0.2) is 0 Å². The van der Waals surface area contributed by atoms with Crippen LogP contribution in [0.2, 0.25) is 0 Å². The highest BCUT2D eigenvalue weighted by molar-refractivity contribution is 5.77. The van der Waals surface area contributed by atoms with E-state index in [2.05, 4.69) is 15.2 Å². The topological polar surface area (TPSA) is 64.0 Å². The lowest BCUT2D eigenvalue weighted by Gasteiger charge is -2.47. The van der Waals surface area contributed by atoms with Gasteiger partial charge in [0.1, 0.15) is 24.3 Å². The van der Waals surface area contributed by atoms with Gasteiger partial charge in [0.05, 0.1) is 13.2 Å². The molecular weight excluding hydrogens is 334 g/mol. The molecule has 0 aromatic carbocycles. The molecule has 0 bridgehead atoms. The molecule has 7 nitrogen and oxygen atoms in total. The average Bonchev–Trinajstić information content (AvgIpc) is 2.95. The highest BCUT2D eigenvalue weighted by Crippen LogP contribution is 2.43. The van der Waals surface area contributed by atoms with Crippen molar-refractivity contribution in [2.45, 2.75) is 87.1 Å². The third-order valence-electron chi connectivity index (χ3n) is 7.08. The highest BCUT2D eigenvalue weighted by atomic mass is 16.5. The van der Waals surface area contributed by atoms with Crippen LogP contribution >= 0.6 is 0 Å². The maximum atomic E-state index is 6.31. The van der Waals surface area contributed by atoms with E-state index in [0.717, 1.165) is 57.7 Å². The van der Waals surface area contributed by atoms with E-state index < -0.39 is 0 Å². The fraction of sp³-hybridized carbons (Fsp3) is 0.947. The number of nitrogens with zero attached hydrogens (tertiary/aromatic N) is 1. The number of hydrogen-bond donors (Lipinski definition) is 2. The monoisotopic (exact) mass is 366 g/mol. The summed E-state index contributed by atoms with van der Waals surface area (Å²) in [5, 5.41) is 7.50. The third kappa shape index (κ3) is 2.51. The fourth-order valence-electron chi connectivity index (χ4n) is 5.94. The van der Waals surface area contributed by atoms with Gasteiger partial charge in [-0.05, 0) is 25.7 Å². The Morgan fingerprint density at radius 3 is 1.73 bits per heavy atom. The maximum Gasteiger partial charge on any atom is 0.351 e. The first kappa shape index (κ1) is 17.2. The highest BCUT2D eigenvalue weighted by Gasteiger charge is 2.63. The minimum Gasteiger partial charge on any atom is -0.375 e. The lowest BCUT2D eigenvalue weighted by molar-refractivity contribution is -0.609. The molecule has 3 fully saturated rings. The van der Waals surface area contributed by atoms with E-state index in [1.807, 2.05) is 14.2 Å². The first-order valence-corrected chi connectivity index (χ1v) is 10.2. The van der Waals surface area contributed by atoms with E-state index in [1.54, 1.807) is 0 Å². The van der Waals surface area contributed by atoms with E-state index in [0.29, 0.717) is 0 Å². The van der Waals surface area contributed by atoms with Gasteiger partial charge in [-0.15, -0.1) is 0 Å². The van der Waals surface area contributed by atoms with Crippen molar-refractivity contribution >= 4 is 5.96 Å². The maximum absolute atomic E-state index is 6.31. The van der Waals surface area contributed by atoms with Crippen LogP contribution in [0.3, 0.4) is 0 Å². The largest absolute Gasteiger partial charge is 0.375 e. The first-order valence-electron chi connectivity index (χ1n) is 10.2. The van der Waals surface area contributed by atoms with Gasteiger partial charge in [-0.25, -0.2) is 10.6 Å². The SMILES string of the molecule is CO[C@@H]1[C@@H](OC)[C@@H]2C[C@]3(CCCCO3)NC3=[N+]2[C@H]1C[C@]1(CCCCO1)N3. The summed E-state index contributed by atoms with van der Waals surface area (Å²) in [4.78, 5) is 0. The van der Waals surface area contributed by atoms with E-state index in [4.69, 9.17) is 18.9 Å². The van der Waals surface area contributed by atoms with E-state index in [1.165, 1.54) is 12.8 Å². The Bertz CT molecular complexity index is 535. The molecule has 7 heteroatoms. The minimum absolute atomic E-state index is 0.0463. The normalized spacial score (nSPS) is 47.6. The average molecular weight is 366 g/mol. The van der Waals surface area contributed by atoms with Crippen molar-refractivity contribution in [3.05, 3.63) is 0 Å². The van der Waals surface area contributed by atoms with E-state index >= 15 is 0 Å². The van der Waals surface area contributed by atoms with Gasteiger partial charge in [0.25, 0.3) is 0 Å². The summed E-state index contributed by atoms with van der Waals surface area (Å²) >= 11 is 0. The van der Waals surface area contributed by atoms with Crippen molar-refractivity contribution in [2.75, 3.05) is 27.4 Å². The lowest BCUT2D eigenvalue weighted by atomic mass is 9.91. The lowest BCUT2D eigenvalue weighted by Crippen LogP contribution is -2.72. The number of methoxy groups -OCH3 is 2. The van der Waals surface area contributed by atoms with Crippen LogP contribution < -0.4 is 10.6 Å². The molecule has 0 radical (unpaired) electrons. The Kier molecular flexibility index (Phi) is 4.19. The smallest absolute Gasteiger partial charge is 0.351 e. The Balaban J connectivity index is 1.55. The second kappa shape index (κ2) is 6.33. The van der Waals surface area contributed by atoms with Gasteiger partial charge < -0.3 is 18.9 Å². The van der Waals surface area contributed by atoms with Crippen molar-refractivity contribution in [1.82, 2.24) is 10.6 Å². The Hall–Kier alpha value is -0.890. The molecule has 5 aliphatic rings. The molecule has 0 unspecified atom stereocenters. The summed E-state index contributed by atoms with van der Waals surface area (Å²) < 4.78 is 27.0. The number of guanidine groups is 1. The van der Waals surface area contributed by atoms with Gasteiger partial charge in [-0.1, -0.05) is 0 Å². The number of ether oxygens (including phenoxy) is 4. The Morgan fingerprint density at radius 2 is 1.35 bits per heavy atom. The van der Waals surface area contributed by atoms with Crippen LogP contribution in [0.4, 0.5) is 0 Å². The molecule has 5 rings (SSSR count). The van der Waals surface area contributed by atoms with Crippen LogP contribution in [-0.2, 0) is 18.9 Å². The molecule has 26 heavy (non-hydrogen) atoms. The summed E-state index contributed by atoms with van der Waals surface area (Å²) in [6.07, 6.45) is 8.71. The van der Waals surface area contributed by atoms with Gasteiger partial charge in [0.2, 0.25) is 0 Å². The summed E-state index contributed by atoms with van der Waals surface area (Å²) in [5.74, 6) is 1.06. The molecular formula is C19H32N3O4+. The molecule has 3 saturated heterocycles. The summed E-state index contributed by atoms with van der Waals surface area (Å²) in [6, 6.07) is 0.524. The standard InChI is InChI=1S/C19H31N3O4/c1-23-15-13-11-18(7-3-5-9-25-18)20-17-21-19(8-4-6-10-26-19)12-14(22(13)17)16(15)24-2/h13-16H,3-12H2,1-2H3,(H,20,21)/p+1/t13-,14-,15-,16-,18+,19+/m0/s1. The van der Waals surface area contributed by atoms with Gasteiger partial charge in [-0.2, -0.15) is 0 Å². The van der Waals surface area contributed by atoms with Crippen LogP contribution in [0.25, 0.3) is 0 Å². The molecule has 6 atom stereocenters. The molecule has 0 saturated carbocycles. The molecule has 5 heterocycles. The van der Waals surface area contributed by atoms with Gasteiger partial charge in [-0.3, -0.25) is 4.58 Å². The van der Waals surface area contributed by atoms with Crippen molar-refractivity contribution in [1.29, 1.82) is 0 Å². The van der Waals surface area contributed by atoms with Gasteiger partial charge >= 0.3 is 5.96 Å². The summed E-state index contributed by atoms with van der Waals surface area (Å²) in [6.45, 7) is 1.65. The zero-order chi connectivity index (χ0) is 17.8. The van der Waals surface area contributed by atoms with Crippen molar-refractivity contribution in [3.8, 4) is 0 Å². The number of nitrogens with one attached hydrogen (secondary N) is 2. The summed E-state index contributed by atoms with van der Waals surface area (Å²) in [7, 11) is 3.62. The predicted octanol–water partition coefficient (Wildman–Crippen LogP) is 0.916. The second-order valence-electron chi connectivity index (χ2n) is 8.55. The van der Waals surface area contributed by atoms with Gasteiger partial charge in [0, 0.05) is 39.9 Å². The predicted molar refractivity (Wildman–Crippen MR) is 95.0 cm³/mol. The quantitative estimate of drug-likeness (QED) is 0.709. The van der Waals surface area contributed by atoms with Crippen LogP contribution in [0, 0.1) is 0 Å². The zero-order valence-electron chi connectivity index (χ0n) is 16.0. The van der Waals surface area contributed by atoms with E-state index in [9.17, 15) is 0 Å². The van der Waals surface area contributed by atoms with Crippen LogP contribution in [-0.4, -0.2) is 73.7 Å². The first-order chi connectivity index (χ1) is 12.7. The number of hydrogen-bond acceptors (Lipinski definition) is 6. The summed E-state index contributed by atoms with van der Waals surface area (Å²) in [5.41, 5.74) is -0.585. The third-order valence-corrected chi connectivity index (χ3v) is 7.08. The van der Waals surface area contributed by atoms with Crippen LogP contribution in [0.1, 0.15) is 51.4 Å². The zero-order valence-corrected chi connectivity index (χ0v) is 16.0. The molecule has 5 aliphatic heterocycles. The molecule has 0 amide bonds. The molecule has 2 spiro atoms. The van der Waals surface area contributed by atoms with Gasteiger partial charge in [0.15, 0.2) is 11.4 Å². The number of rotatable bonds is 2.